The van der Waals surface area contributed by atoms with Crippen molar-refractivity contribution in [2.45, 2.75) is 51.9 Å². The van der Waals surface area contributed by atoms with Crippen molar-refractivity contribution in [2.24, 2.45) is 0 Å². The molecule has 0 aromatic heterocycles. The summed E-state index contributed by atoms with van der Waals surface area (Å²) >= 11 is 0. The van der Waals surface area contributed by atoms with Gasteiger partial charge in [-0.2, -0.15) is 0 Å². The maximum atomic E-state index is 2.39. The Morgan fingerprint density at radius 1 is 0.714 bits per heavy atom. The molecular weight excluding hydrogens is 271 g/mol. The van der Waals surface area contributed by atoms with Crippen LogP contribution in [0.5, 0.6) is 0 Å². The van der Waals surface area contributed by atoms with E-state index < -0.39 is 0 Å². The average Bonchev–Trinajstić information content (AvgIpc) is 2.74. The van der Waals surface area contributed by atoms with Crippen LogP contribution in [0.25, 0.3) is 22.9 Å². The molecule has 0 N–H and O–H groups in total. The maximum Gasteiger partial charge on any atom is -0.00324 e. The lowest BCUT2D eigenvalue weighted by molar-refractivity contribution is 0.715. The maximum absolute atomic E-state index is 2.39. The zero-order valence-corrected chi connectivity index (χ0v) is 14.9. The van der Waals surface area contributed by atoms with Gasteiger partial charge in [0.1, 0.15) is 0 Å². The highest BCUT2D eigenvalue weighted by Crippen LogP contribution is 2.59. The highest BCUT2D eigenvalue weighted by atomic mass is 31.1. The summed E-state index contributed by atoms with van der Waals surface area (Å²) in [5.74, 6) is 0. The summed E-state index contributed by atoms with van der Waals surface area (Å²) in [7, 11) is -0.262. The normalized spacial score (nSPS) is 14.4. The van der Waals surface area contributed by atoms with Crippen molar-refractivity contribution in [3.8, 4) is 0 Å². The third-order valence-electron chi connectivity index (χ3n) is 4.11. The number of rotatable bonds is 1. The Kier molecular flexibility index (Phi) is 3.30. The molecule has 1 heteroatoms. The minimum absolute atomic E-state index is 0.262. The van der Waals surface area contributed by atoms with E-state index in [0.717, 1.165) is 0 Å². The predicted molar refractivity (Wildman–Crippen MR) is 98.9 cm³/mol. The lowest BCUT2D eigenvalue weighted by Crippen LogP contribution is -2.31. The Hall–Kier alpha value is -1.13. The van der Waals surface area contributed by atoms with E-state index in [1.165, 1.54) is 21.9 Å². The second kappa shape index (κ2) is 4.68. The van der Waals surface area contributed by atoms with Gasteiger partial charge in [0, 0.05) is 0 Å². The van der Waals surface area contributed by atoms with E-state index in [1.54, 1.807) is 5.30 Å². The van der Waals surface area contributed by atoms with Crippen LogP contribution in [-0.4, -0.2) is 10.3 Å². The van der Waals surface area contributed by atoms with Gasteiger partial charge in [-0.15, -0.1) is 0 Å². The quantitative estimate of drug-likeness (QED) is 0.481. The monoisotopic (exact) mass is 296 g/mol. The first kappa shape index (κ1) is 14.8. The summed E-state index contributed by atoms with van der Waals surface area (Å²) in [4.78, 5) is 0. The van der Waals surface area contributed by atoms with E-state index in [4.69, 9.17) is 0 Å². The van der Waals surface area contributed by atoms with E-state index in [0.29, 0.717) is 10.3 Å². The largest absolute Gasteiger partial charge is 0.0636 e. The van der Waals surface area contributed by atoms with Crippen LogP contribution < -0.4 is 5.30 Å². The average molecular weight is 296 g/mol. The number of hydrogen-bond donors (Lipinski definition) is 0. The van der Waals surface area contributed by atoms with Gasteiger partial charge in [0.25, 0.3) is 0 Å². The fourth-order valence-electron chi connectivity index (χ4n) is 3.83. The Balaban J connectivity index is 2.31. The first-order valence-electron chi connectivity index (χ1n) is 7.74. The summed E-state index contributed by atoms with van der Waals surface area (Å²) in [6.45, 7) is 14.4. The molecule has 0 atom stereocenters. The van der Waals surface area contributed by atoms with E-state index in [9.17, 15) is 0 Å². The molecule has 3 rings (SSSR count). The molecule has 0 spiro atoms. The molecule has 0 aliphatic heterocycles. The van der Waals surface area contributed by atoms with Crippen LogP contribution in [0, 0.1) is 0 Å². The van der Waals surface area contributed by atoms with E-state index in [2.05, 4.69) is 84.0 Å². The Morgan fingerprint density at radius 2 is 1.29 bits per heavy atom. The topological polar surface area (TPSA) is 0 Å². The molecule has 0 saturated heterocycles. The van der Waals surface area contributed by atoms with Crippen LogP contribution in [-0.2, 0) is 0 Å². The van der Waals surface area contributed by atoms with Crippen LogP contribution in [0.15, 0.2) is 30.3 Å². The van der Waals surface area contributed by atoms with Gasteiger partial charge in [0.15, 0.2) is 0 Å². The zero-order chi connectivity index (χ0) is 15.4. The molecule has 1 aliphatic rings. The summed E-state index contributed by atoms with van der Waals surface area (Å²) in [5, 5.41) is 5.09. The summed E-state index contributed by atoms with van der Waals surface area (Å²) < 4.78 is 0. The number of benzene rings is 2. The first-order chi connectivity index (χ1) is 9.69. The molecule has 0 heterocycles. The molecule has 0 fully saturated rings. The molecule has 2 aromatic rings. The van der Waals surface area contributed by atoms with Crippen molar-refractivity contribution >= 4 is 36.2 Å². The fraction of sp³-hybridized carbons (Fsp3) is 0.400. The highest BCUT2D eigenvalue weighted by Gasteiger charge is 2.36. The second-order valence-corrected chi connectivity index (χ2v) is 11.8. The van der Waals surface area contributed by atoms with Crippen molar-refractivity contribution < 1.29 is 0 Å². The number of hydrogen-bond acceptors (Lipinski definition) is 0. The van der Waals surface area contributed by atoms with Crippen molar-refractivity contribution in [3.63, 3.8) is 0 Å². The van der Waals surface area contributed by atoms with Gasteiger partial charge in [0.05, 0.1) is 0 Å². The zero-order valence-electron chi connectivity index (χ0n) is 14.0. The molecule has 0 radical (unpaired) electrons. The van der Waals surface area contributed by atoms with Gasteiger partial charge in [-0.25, -0.2) is 0 Å². The van der Waals surface area contributed by atoms with Crippen molar-refractivity contribution in [2.75, 3.05) is 0 Å². The van der Waals surface area contributed by atoms with Gasteiger partial charge in [0.2, 0.25) is 0 Å². The summed E-state index contributed by atoms with van der Waals surface area (Å²) in [5.41, 5.74) is 2.75. The molecule has 21 heavy (non-hydrogen) atoms. The molecule has 0 amide bonds. The van der Waals surface area contributed by atoms with Gasteiger partial charge in [-0.05, 0) is 37.5 Å². The molecule has 0 nitrogen and oxygen atoms in total. The lowest BCUT2D eigenvalue weighted by atomic mass is 10.0. The van der Waals surface area contributed by atoms with Crippen LogP contribution >= 0.6 is 7.92 Å². The van der Waals surface area contributed by atoms with Crippen molar-refractivity contribution in [1.29, 1.82) is 0 Å². The molecular formula is C20H25P. The Bertz CT molecular complexity index is 698. The van der Waals surface area contributed by atoms with Crippen LogP contribution in [0.2, 0.25) is 0 Å². The van der Waals surface area contributed by atoms with Gasteiger partial charge in [-0.1, -0.05) is 91.9 Å². The standard InChI is InChI=1S/C20H25P/c1-19(2,3)21(20(4,5)6)17-13-12-15-11-10-14-8-7-9-16(17)18(14)15/h7-13H,1-6H3. The van der Waals surface area contributed by atoms with Crippen LogP contribution in [0.1, 0.15) is 52.7 Å². The van der Waals surface area contributed by atoms with E-state index in [1.807, 2.05) is 0 Å². The first-order valence-corrected chi connectivity index (χ1v) is 9.08. The molecule has 110 valence electrons. The minimum Gasteiger partial charge on any atom is -0.0636 e. The van der Waals surface area contributed by atoms with E-state index in [-0.39, 0.29) is 7.92 Å². The lowest BCUT2D eigenvalue weighted by Gasteiger charge is -2.42. The smallest absolute Gasteiger partial charge is 0.00324 e. The molecule has 1 aliphatic carbocycles. The third-order valence-corrected chi connectivity index (χ3v) is 7.66. The molecule has 0 bridgehead atoms. The van der Waals surface area contributed by atoms with Crippen LogP contribution in [0.3, 0.4) is 0 Å². The van der Waals surface area contributed by atoms with E-state index >= 15 is 0 Å². The van der Waals surface area contributed by atoms with Crippen LogP contribution in [0.4, 0.5) is 0 Å². The van der Waals surface area contributed by atoms with Gasteiger partial charge >= 0.3 is 0 Å². The predicted octanol–water partition coefficient (Wildman–Crippen LogP) is 6.03. The third kappa shape index (κ3) is 2.44. The van der Waals surface area contributed by atoms with Gasteiger partial charge < -0.3 is 0 Å². The molecule has 0 saturated carbocycles. The summed E-state index contributed by atoms with van der Waals surface area (Å²) in [6, 6.07) is 11.5. The Labute approximate surface area is 130 Å². The van der Waals surface area contributed by atoms with Gasteiger partial charge in [-0.3, -0.25) is 0 Å². The fourth-order valence-corrected chi connectivity index (χ4v) is 7.94. The molecule has 2 aromatic carbocycles. The van der Waals surface area contributed by atoms with Crippen molar-refractivity contribution in [3.05, 3.63) is 41.5 Å². The minimum atomic E-state index is -0.262. The van der Waals surface area contributed by atoms with Crippen molar-refractivity contribution in [1.82, 2.24) is 0 Å². The summed E-state index contributed by atoms with van der Waals surface area (Å²) in [6.07, 6.45) is 4.50. The highest BCUT2D eigenvalue weighted by molar-refractivity contribution is 7.69. The SMILES string of the molecule is CC(C)(C)P(c1ccc2c3c(cccc13)C=C2)C(C)(C)C. The molecule has 0 unspecified atom stereocenters. The second-order valence-electron chi connectivity index (χ2n) is 7.95. The Morgan fingerprint density at radius 3 is 1.86 bits per heavy atom.